The second kappa shape index (κ2) is 7.82. The highest BCUT2D eigenvalue weighted by Crippen LogP contribution is 2.28. The lowest BCUT2D eigenvalue weighted by Crippen LogP contribution is -2.50. The Hall–Kier alpha value is -1.56. The number of carbonyl (C=O) groups excluding carboxylic acids is 1. The van der Waals surface area contributed by atoms with Gasteiger partial charge in [0.15, 0.2) is 0 Å². The van der Waals surface area contributed by atoms with Crippen LogP contribution in [0.5, 0.6) is 0 Å². The third-order valence-electron chi connectivity index (χ3n) is 4.16. The van der Waals surface area contributed by atoms with Crippen LogP contribution in [0.15, 0.2) is 24.3 Å². The summed E-state index contributed by atoms with van der Waals surface area (Å²) in [6.07, 6.45) is 1.91. The topological polar surface area (TPSA) is 66.5 Å². The van der Waals surface area contributed by atoms with E-state index in [-0.39, 0.29) is 23.3 Å². The molecule has 0 unspecified atom stereocenters. The summed E-state index contributed by atoms with van der Waals surface area (Å²) in [6.45, 7) is 16.3. The molecule has 0 heterocycles. The molecule has 6 heteroatoms. The van der Waals surface area contributed by atoms with Crippen LogP contribution in [0.2, 0.25) is 0 Å². The van der Waals surface area contributed by atoms with Gasteiger partial charge in [-0.05, 0) is 48.8 Å². The summed E-state index contributed by atoms with van der Waals surface area (Å²) in [4.78, 5) is 12.6. The molecule has 0 saturated carbocycles. The number of carbonyl (C=O) groups is 1. The number of anilines is 1. The Morgan fingerprint density at radius 3 is 1.81 bits per heavy atom. The lowest BCUT2D eigenvalue weighted by Gasteiger charge is -2.34. The van der Waals surface area contributed by atoms with Gasteiger partial charge >= 0.3 is 0 Å². The molecule has 5 nitrogen and oxygen atoms in total. The van der Waals surface area contributed by atoms with Crippen molar-refractivity contribution in [2.24, 2.45) is 5.41 Å². The van der Waals surface area contributed by atoms with E-state index >= 15 is 0 Å². The third-order valence-corrected chi connectivity index (χ3v) is 5.30. The Bertz CT molecular complexity index is 752. The molecule has 1 rings (SSSR count). The van der Waals surface area contributed by atoms with E-state index in [1.54, 1.807) is 12.1 Å². The van der Waals surface area contributed by atoms with Crippen molar-refractivity contribution in [3.05, 3.63) is 29.8 Å². The Labute approximate surface area is 165 Å². The predicted octanol–water partition coefficient (Wildman–Crippen LogP) is 4.08. The van der Waals surface area contributed by atoms with Crippen LogP contribution < -0.4 is 9.62 Å². The monoisotopic (exact) mass is 396 g/mol. The molecule has 1 aromatic rings. The zero-order valence-corrected chi connectivity index (χ0v) is 19.1. The molecule has 1 aromatic carbocycles. The maximum absolute atomic E-state index is 12.6. The van der Waals surface area contributed by atoms with Gasteiger partial charge in [0, 0.05) is 5.54 Å². The van der Waals surface area contributed by atoms with E-state index in [4.69, 9.17) is 0 Å². The van der Waals surface area contributed by atoms with Crippen LogP contribution in [0.1, 0.15) is 67.4 Å². The number of amides is 1. The van der Waals surface area contributed by atoms with Gasteiger partial charge in [0.25, 0.3) is 0 Å². The van der Waals surface area contributed by atoms with E-state index in [0.29, 0.717) is 5.69 Å². The first kappa shape index (κ1) is 23.5. The first-order valence-corrected chi connectivity index (χ1v) is 11.1. The zero-order valence-electron chi connectivity index (χ0n) is 18.3. The molecule has 0 atom stereocenters. The molecule has 0 aliphatic rings. The van der Waals surface area contributed by atoms with Crippen molar-refractivity contribution in [2.75, 3.05) is 17.1 Å². The molecule has 27 heavy (non-hydrogen) atoms. The Kier molecular flexibility index (Phi) is 6.80. The van der Waals surface area contributed by atoms with Gasteiger partial charge in [0.1, 0.15) is 6.54 Å². The summed E-state index contributed by atoms with van der Waals surface area (Å²) < 4.78 is 25.7. The number of nitrogens with one attached hydrogen (secondary N) is 1. The normalized spacial score (nSPS) is 13.4. The SMILES string of the molecule is CC(C)(C)CC(C)(C)NC(=O)CN(c1ccc(C(C)(C)C)cc1)S(C)(=O)=O. The predicted molar refractivity (Wildman–Crippen MR) is 114 cm³/mol. The summed E-state index contributed by atoms with van der Waals surface area (Å²) in [5, 5.41) is 2.98. The maximum Gasteiger partial charge on any atom is 0.241 e. The summed E-state index contributed by atoms with van der Waals surface area (Å²) in [5.41, 5.74) is 1.21. The van der Waals surface area contributed by atoms with E-state index < -0.39 is 15.6 Å². The number of sulfonamides is 1. The van der Waals surface area contributed by atoms with E-state index in [1.165, 1.54) is 0 Å². The van der Waals surface area contributed by atoms with Gasteiger partial charge < -0.3 is 5.32 Å². The highest BCUT2D eigenvalue weighted by Gasteiger charge is 2.29. The largest absolute Gasteiger partial charge is 0.350 e. The molecule has 0 spiro atoms. The fraction of sp³-hybridized carbons (Fsp3) is 0.667. The molecule has 0 aliphatic carbocycles. The second-order valence-corrected chi connectivity index (χ2v) is 12.1. The average molecular weight is 397 g/mol. The van der Waals surface area contributed by atoms with Gasteiger partial charge in [0.05, 0.1) is 11.9 Å². The summed E-state index contributed by atoms with van der Waals surface area (Å²) >= 11 is 0. The van der Waals surface area contributed by atoms with Crippen molar-refractivity contribution >= 4 is 21.6 Å². The Morgan fingerprint density at radius 2 is 1.44 bits per heavy atom. The van der Waals surface area contributed by atoms with E-state index in [1.807, 2.05) is 26.0 Å². The smallest absolute Gasteiger partial charge is 0.241 e. The molecular formula is C21H36N2O3S. The second-order valence-electron chi connectivity index (χ2n) is 10.2. The Balaban J connectivity index is 3.02. The van der Waals surface area contributed by atoms with Gasteiger partial charge in [-0.2, -0.15) is 0 Å². The van der Waals surface area contributed by atoms with Gasteiger partial charge in [-0.15, -0.1) is 0 Å². The zero-order chi connectivity index (χ0) is 21.3. The molecule has 154 valence electrons. The molecule has 0 aromatic heterocycles. The van der Waals surface area contributed by atoms with Crippen molar-refractivity contribution < 1.29 is 13.2 Å². The van der Waals surface area contributed by atoms with Crippen LogP contribution in [-0.4, -0.2) is 32.7 Å². The van der Waals surface area contributed by atoms with Crippen LogP contribution in [0.25, 0.3) is 0 Å². The van der Waals surface area contributed by atoms with E-state index in [9.17, 15) is 13.2 Å². The molecule has 1 N–H and O–H groups in total. The van der Waals surface area contributed by atoms with Gasteiger partial charge in [-0.25, -0.2) is 8.42 Å². The molecule has 0 saturated heterocycles. The maximum atomic E-state index is 12.6. The van der Waals surface area contributed by atoms with Crippen LogP contribution in [0.3, 0.4) is 0 Å². The molecule has 0 radical (unpaired) electrons. The van der Waals surface area contributed by atoms with Gasteiger partial charge in [-0.1, -0.05) is 53.7 Å². The quantitative estimate of drug-likeness (QED) is 0.788. The van der Waals surface area contributed by atoms with Crippen molar-refractivity contribution in [2.45, 2.75) is 72.8 Å². The summed E-state index contributed by atoms with van der Waals surface area (Å²) in [6, 6.07) is 7.34. The van der Waals surface area contributed by atoms with Crippen molar-refractivity contribution in [1.82, 2.24) is 5.32 Å². The fourth-order valence-corrected chi connectivity index (χ4v) is 4.30. The fourth-order valence-electron chi connectivity index (χ4n) is 3.45. The van der Waals surface area contributed by atoms with Crippen LogP contribution in [0, 0.1) is 5.41 Å². The minimum atomic E-state index is -3.58. The van der Waals surface area contributed by atoms with E-state index in [2.05, 4.69) is 46.9 Å². The number of hydrogen-bond acceptors (Lipinski definition) is 3. The van der Waals surface area contributed by atoms with Crippen molar-refractivity contribution in [3.8, 4) is 0 Å². The Morgan fingerprint density at radius 1 is 0.963 bits per heavy atom. The van der Waals surface area contributed by atoms with Crippen LogP contribution in [-0.2, 0) is 20.2 Å². The molecule has 0 fully saturated rings. The lowest BCUT2D eigenvalue weighted by atomic mass is 9.82. The highest BCUT2D eigenvalue weighted by atomic mass is 32.2. The minimum absolute atomic E-state index is 0.0250. The summed E-state index contributed by atoms with van der Waals surface area (Å²) in [7, 11) is -3.58. The van der Waals surface area contributed by atoms with Crippen molar-refractivity contribution in [1.29, 1.82) is 0 Å². The van der Waals surface area contributed by atoms with Crippen molar-refractivity contribution in [3.63, 3.8) is 0 Å². The third kappa shape index (κ3) is 7.91. The number of hydrogen-bond donors (Lipinski definition) is 1. The number of rotatable bonds is 6. The molecule has 0 aliphatic heterocycles. The minimum Gasteiger partial charge on any atom is -0.350 e. The molecule has 1 amide bonds. The highest BCUT2D eigenvalue weighted by molar-refractivity contribution is 7.92. The lowest BCUT2D eigenvalue weighted by molar-refractivity contribution is -0.121. The first-order valence-electron chi connectivity index (χ1n) is 9.30. The van der Waals surface area contributed by atoms with Crippen LogP contribution >= 0.6 is 0 Å². The standard InChI is InChI=1S/C21H36N2O3S/c1-19(2,3)15-21(7,8)22-18(24)14-23(27(9,25)26)17-12-10-16(11-13-17)20(4,5)6/h10-13H,14-15H2,1-9H3,(H,22,24). The van der Waals surface area contributed by atoms with E-state index in [0.717, 1.165) is 22.5 Å². The first-order chi connectivity index (χ1) is 11.9. The van der Waals surface area contributed by atoms with Gasteiger partial charge in [-0.3, -0.25) is 9.10 Å². The number of nitrogens with zero attached hydrogens (tertiary/aromatic N) is 1. The average Bonchev–Trinajstić information content (AvgIpc) is 2.39. The molecular weight excluding hydrogens is 360 g/mol. The van der Waals surface area contributed by atoms with Gasteiger partial charge in [0.2, 0.25) is 15.9 Å². The van der Waals surface area contributed by atoms with Crippen LogP contribution in [0.4, 0.5) is 5.69 Å². The molecule has 0 bridgehead atoms. The number of benzene rings is 1. The summed E-state index contributed by atoms with van der Waals surface area (Å²) in [5.74, 6) is -0.311.